The molecule has 102 valence electrons. The summed E-state index contributed by atoms with van der Waals surface area (Å²) in [5.41, 5.74) is 5.86. The Balaban J connectivity index is 4.34. The SMILES string of the molecule is CC(CC(=O)N(C)CC(C)(C)CN)C(C)(C)C. The van der Waals surface area contributed by atoms with Crippen molar-refractivity contribution >= 4 is 5.91 Å². The molecule has 0 radical (unpaired) electrons. The Hall–Kier alpha value is -0.570. The summed E-state index contributed by atoms with van der Waals surface area (Å²) in [4.78, 5) is 13.9. The Morgan fingerprint density at radius 2 is 1.71 bits per heavy atom. The molecular formula is C14H30N2O. The molecule has 0 aliphatic carbocycles. The number of carbonyl (C=O) groups excluding carboxylic acids is 1. The maximum Gasteiger partial charge on any atom is 0.222 e. The van der Waals surface area contributed by atoms with E-state index in [1.54, 1.807) is 0 Å². The van der Waals surface area contributed by atoms with E-state index in [1.165, 1.54) is 0 Å². The van der Waals surface area contributed by atoms with Gasteiger partial charge in [0.25, 0.3) is 0 Å². The fourth-order valence-electron chi connectivity index (χ4n) is 1.52. The quantitative estimate of drug-likeness (QED) is 0.805. The molecule has 17 heavy (non-hydrogen) atoms. The van der Waals surface area contributed by atoms with Gasteiger partial charge in [-0.25, -0.2) is 0 Å². The first-order valence-electron chi connectivity index (χ1n) is 6.43. The Morgan fingerprint density at radius 1 is 1.24 bits per heavy atom. The Morgan fingerprint density at radius 3 is 2.06 bits per heavy atom. The van der Waals surface area contributed by atoms with E-state index in [2.05, 4.69) is 41.5 Å². The van der Waals surface area contributed by atoms with Gasteiger partial charge in [-0.1, -0.05) is 41.5 Å². The van der Waals surface area contributed by atoms with Crippen LogP contribution in [0.25, 0.3) is 0 Å². The van der Waals surface area contributed by atoms with Crippen LogP contribution in [0, 0.1) is 16.7 Å². The van der Waals surface area contributed by atoms with Gasteiger partial charge in [0.2, 0.25) is 5.91 Å². The smallest absolute Gasteiger partial charge is 0.222 e. The highest BCUT2D eigenvalue weighted by Gasteiger charge is 2.26. The molecule has 0 heterocycles. The molecule has 0 aromatic carbocycles. The molecule has 0 aliphatic rings. The topological polar surface area (TPSA) is 46.3 Å². The Labute approximate surface area is 107 Å². The highest BCUT2D eigenvalue weighted by atomic mass is 16.2. The lowest BCUT2D eigenvalue weighted by atomic mass is 9.80. The normalized spacial score (nSPS) is 14.6. The predicted molar refractivity (Wildman–Crippen MR) is 73.7 cm³/mol. The first kappa shape index (κ1) is 16.4. The summed E-state index contributed by atoms with van der Waals surface area (Å²) in [7, 11) is 1.87. The summed E-state index contributed by atoms with van der Waals surface area (Å²) in [5, 5.41) is 0. The Kier molecular flexibility index (Phi) is 5.66. The fourth-order valence-corrected chi connectivity index (χ4v) is 1.52. The molecule has 0 bridgehead atoms. The molecule has 3 nitrogen and oxygen atoms in total. The molecule has 1 amide bonds. The summed E-state index contributed by atoms with van der Waals surface area (Å²) in [6.45, 7) is 14.2. The van der Waals surface area contributed by atoms with Crippen LogP contribution in [0.2, 0.25) is 0 Å². The summed E-state index contributed by atoms with van der Waals surface area (Å²) < 4.78 is 0. The van der Waals surface area contributed by atoms with Crippen molar-refractivity contribution in [2.75, 3.05) is 20.1 Å². The van der Waals surface area contributed by atoms with Gasteiger partial charge in [0.15, 0.2) is 0 Å². The third-order valence-electron chi connectivity index (χ3n) is 3.60. The number of rotatable bonds is 5. The summed E-state index contributed by atoms with van der Waals surface area (Å²) in [5.74, 6) is 0.604. The highest BCUT2D eigenvalue weighted by Crippen LogP contribution is 2.28. The van der Waals surface area contributed by atoms with Gasteiger partial charge in [0.1, 0.15) is 0 Å². The van der Waals surface area contributed by atoms with Crippen LogP contribution in [0.15, 0.2) is 0 Å². The molecule has 0 saturated carbocycles. The lowest BCUT2D eigenvalue weighted by Gasteiger charge is -2.32. The fraction of sp³-hybridized carbons (Fsp3) is 0.929. The number of amides is 1. The average molecular weight is 242 g/mol. The van der Waals surface area contributed by atoms with Crippen molar-refractivity contribution in [3.05, 3.63) is 0 Å². The van der Waals surface area contributed by atoms with Gasteiger partial charge in [0, 0.05) is 20.0 Å². The number of hydrogen-bond acceptors (Lipinski definition) is 2. The van der Waals surface area contributed by atoms with E-state index in [0.717, 1.165) is 6.54 Å². The molecular weight excluding hydrogens is 212 g/mol. The zero-order valence-corrected chi connectivity index (χ0v) is 12.6. The molecule has 0 fully saturated rings. The van der Waals surface area contributed by atoms with E-state index in [4.69, 9.17) is 5.73 Å². The van der Waals surface area contributed by atoms with Crippen molar-refractivity contribution in [2.45, 2.75) is 48.0 Å². The van der Waals surface area contributed by atoms with E-state index in [1.807, 2.05) is 11.9 Å². The monoisotopic (exact) mass is 242 g/mol. The van der Waals surface area contributed by atoms with Crippen LogP contribution in [-0.2, 0) is 4.79 Å². The van der Waals surface area contributed by atoms with Gasteiger partial charge in [0.05, 0.1) is 0 Å². The predicted octanol–water partition coefficient (Wildman–Crippen LogP) is 2.50. The maximum absolute atomic E-state index is 12.1. The molecule has 0 rings (SSSR count). The standard InChI is InChI=1S/C14H30N2O/c1-11(13(2,3)4)8-12(17)16(7)10-14(5,6)9-15/h11H,8-10,15H2,1-7H3. The molecule has 0 aromatic rings. The average Bonchev–Trinajstić information content (AvgIpc) is 2.15. The van der Waals surface area contributed by atoms with Crippen LogP contribution >= 0.6 is 0 Å². The molecule has 0 aromatic heterocycles. The van der Waals surface area contributed by atoms with E-state index in [0.29, 0.717) is 18.9 Å². The lowest BCUT2D eigenvalue weighted by Crippen LogP contribution is -2.40. The van der Waals surface area contributed by atoms with E-state index >= 15 is 0 Å². The summed E-state index contributed by atoms with van der Waals surface area (Å²) in [6.07, 6.45) is 0.612. The minimum absolute atomic E-state index is 0.00458. The maximum atomic E-state index is 12.1. The van der Waals surface area contributed by atoms with Gasteiger partial charge in [-0.2, -0.15) is 0 Å². The van der Waals surface area contributed by atoms with Crippen molar-refractivity contribution in [1.82, 2.24) is 4.90 Å². The van der Waals surface area contributed by atoms with Crippen molar-refractivity contribution in [2.24, 2.45) is 22.5 Å². The molecule has 3 heteroatoms. The van der Waals surface area contributed by atoms with Gasteiger partial charge in [-0.15, -0.1) is 0 Å². The molecule has 0 aliphatic heterocycles. The molecule has 0 spiro atoms. The molecule has 2 N–H and O–H groups in total. The van der Waals surface area contributed by atoms with E-state index in [9.17, 15) is 4.79 Å². The van der Waals surface area contributed by atoms with Crippen LogP contribution in [0.3, 0.4) is 0 Å². The van der Waals surface area contributed by atoms with Crippen LogP contribution in [0.4, 0.5) is 0 Å². The molecule has 1 unspecified atom stereocenters. The van der Waals surface area contributed by atoms with Gasteiger partial charge in [-0.05, 0) is 23.3 Å². The summed E-state index contributed by atoms with van der Waals surface area (Å²) in [6, 6.07) is 0. The van der Waals surface area contributed by atoms with Crippen LogP contribution in [0.5, 0.6) is 0 Å². The van der Waals surface area contributed by atoms with Crippen molar-refractivity contribution in [1.29, 1.82) is 0 Å². The highest BCUT2D eigenvalue weighted by molar-refractivity contribution is 5.76. The largest absolute Gasteiger partial charge is 0.345 e. The lowest BCUT2D eigenvalue weighted by molar-refractivity contribution is -0.132. The zero-order chi connectivity index (χ0) is 13.9. The first-order valence-corrected chi connectivity index (χ1v) is 6.43. The first-order chi connectivity index (χ1) is 7.49. The van der Waals surface area contributed by atoms with Crippen LogP contribution in [-0.4, -0.2) is 30.9 Å². The van der Waals surface area contributed by atoms with Gasteiger partial charge < -0.3 is 10.6 Å². The number of nitrogens with two attached hydrogens (primary N) is 1. The minimum atomic E-state index is -0.00458. The second-order valence-corrected chi connectivity index (χ2v) is 7.09. The summed E-state index contributed by atoms with van der Waals surface area (Å²) >= 11 is 0. The van der Waals surface area contributed by atoms with Crippen molar-refractivity contribution in [3.8, 4) is 0 Å². The van der Waals surface area contributed by atoms with Crippen molar-refractivity contribution < 1.29 is 4.79 Å². The molecule has 1 atom stereocenters. The van der Waals surface area contributed by atoms with E-state index in [-0.39, 0.29) is 16.7 Å². The van der Waals surface area contributed by atoms with E-state index < -0.39 is 0 Å². The zero-order valence-electron chi connectivity index (χ0n) is 12.6. The number of nitrogens with zero attached hydrogens (tertiary/aromatic N) is 1. The third kappa shape index (κ3) is 6.06. The minimum Gasteiger partial charge on any atom is -0.345 e. The number of hydrogen-bond donors (Lipinski definition) is 1. The third-order valence-corrected chi connectivity index (χ3v) is 3.60. The second kappa shape index (κ2) is 5.85. The van der Waals surface area contributed by atoms with Crippen molar-refractivity contribution in [3.63, 3.8) is 0 Å². The molecule has 0 saturated heterocycles. The van der Waals surface area contributed by atoms with Crippen LogP contribution in [0.1, 0.15) is 48.0 Å². The van der Waals surface area contributed by atoms with Crippen LogP contribution < -0.4 is 5.73 Å². The second-order valence-electron chi connectivity index (χ2n) is 7.09. The van der Waals surface area contributed by atoms with Gasteiger partial charge >= 0.3 is 0 Å². The Bertz CT molecular complexity index is 253. The number of carbonyl (C=O) groups is 1. The van der Waals surface area contributed by atoms with Gasteiger partial charge in [-0.3, -0.25) is 4.79 Å².